The van der Waals surface area contributed by atoms with Crippen LogP contribution < -0.4 is 5.32 Å². The molecule has 1 N–H and O–H groups in total. The topological polar surface area (TPSA) is 42.0 Å². The normalized spacial score (nSPS) is 12.3. The predicted molar refractivity (Wildman–Crippen MR) is 68.3 cm³/mol. The molecular formula is C10H12Br2N2O. The Hall–Kier alpha value is -0.420. The summed E-state index contributed by atoms with van der Waals surface area (Å²) in [6.45, 7) is 3.88. The second kappa shape index (κ2) is 5.61. The van der Waals surface area contributed by atoms with Crippen LogP contribution in [0, 0.1) is 6.92 Å². The quantitative estimate of drug-likeness (QED) is 0.680. The number of amides is 1. The van der Waals surface area contributed by atoms with Crippen molar-refractivity contribution in [2.45, 2.75) is 25.1 Å². The van der Waals surface area contributed by atoms with Gasteiger partial charge in [-0.2, -0.15) is 0 Å². The van der Waals surface area contributed by atoms with Crippen molar-refractivity contribution in [2.75, 3.05) is 5.32 Å². The Labute approximate surface area is 106 Å². The molecule has 1 amide bonds. The van der Waals surface area contributed by atoms with Gasteiger partial charge in [0.2, 0.25) is 5.91 Å². The van der Waals surface area contributed by atoms with Gasteiger partial charge in [-0.05, 0) is 40.9 Å². The summed E-state index contributed by atoms with van der Waals surface area (Å²) >= 11 is 6.60. The van der Waals surface area contributed by atoms with Gasteiger partial charge in [-0.15, -0.1) is 0 Å². The molecule has 0 aliphatic heterocycles. The number of halogens is 2. The summed E-state index contributed by atoms with van der Waals surface area (Å²) in [4.78, 5) is 15.5. The van der Waals surface area contributed by atoms with Crippen molar-refractivity contribution in [3.05, 3.63) is 22.4 Å². The van der Waals surface area contributed by atoms with E-state index in [1.165, 1.54) is 0 Å². The van der Waals surface area contributed by atoms with Gasteiger partial charge in [-0.3, -0.25) is 4.79 Å². The number of anilines is 1. The number of hydrogen-bond acceptors (Lipinski definition) is 2. The molecule has 82 valence electrons. The van der Waals surface area contributed by atoms with Crippen LogP contribution in [0.2, 0.25) is 0 Å². The van der Waals surface area contributed by atoms with Gasteiger partial charge in [0.1, 0.15) is 4.60 Å². The van der Waals surface area contributed by atoms with E-state index in [1.54, 1.807) is 6.20 Å². The third-order valence-electron chi connectivity index (χ3n) is 1.92. The third-order valence-corrected chi connectivity index (χ3v) is 3.82. The summed E-state index contributed by atoms with van der Waals surface area (Å²) in [6, 6.07) is 1.88. The lowest BCUT2D eigenvalue weighted by molar-refractivity contribution is -0.115. The van der Waals surface area contributed by atoms with Crippen molar-refractivity contribution in [1.29, 1.82) is 0 Å². The Balaban J connectivity index is 2.73. The second-order valence-electron chi connectivity index (χ2n) is 3.20. The molecule has 15 heavy (non-hydrogen) atoms. The number of carbonyl (C=O) groups is 1. The number of nitrogens with zero attached hydrogens (tertiary/aromatic N) is 1. The average molecular weight is 336 g/mol. The van der Waals surface area contributed by atoms with E-state index in [4.69, 9.17) is 0 Å². The van der Waals surface area contributed by atoms with Crippen molar-refractivity contribution in [2.24, 2.45) is 0 Å². The minimum Gasteiger partial charge on any atom is -0.324 e. The molecule has 0 saturated carbocycles. The fourth-order valence-electron chi connectivity index (χ4n) is 1.03. The number of rotatable bonds is 3. The first-order chi connectivity index (χ1) is 7.04. The Morgan fingerprint density at radius 3 is 2.87 bits per heavy atom. The highest BCUT2D eigenvalue weighted by Crippen LogP contribution is 2.17. The summed E-state index contributed by atoms with van der Waals surface area (Å²) in [5.41, 5.74) is 1.72. The van der Waals surface area contributed by atoms with Crippen LogP contribution in [0.15, 0.2) is 16.9 Å². The smallest absolute Gasteiger partial charge is 0.238 e. The minimum absolute atomic E-state index is 0.0407. The zero-order valence-electron chi connectivity index (χ0n) is 8.55. The van der Waals surface area contributed by atoms with Crippen LogP contribution in [0.5, 0.6) is 0 Å². The standard InChI is InChI=1S/C10H12Br2N2O/c1-3-8(11)10(15)14-7-4-6(2)9(12)13-5-7/h4-5,8H,3H2,1-2H3,(H,14,15). The molecule has 0 radical (unpaired) electrons. The van der Waals surface area contributed by atoms with Crippen molar-refractivity contribution >= 4 is 43.5 Å². The SMILES string of the molecule is CCC(Br)C(=O)Nc1cnc(Br)c(C)c1. The average Bonchev–Trinajstić information content (AvgIpc) is 2.22. The highest BCUT2D eigenvalue weighted by molar-refractivity contribution is 9.10. The van der Waals surface area contributed by atoms with E-state index < -0.39 is 0 Å². The molecule has 0 saturated heterocycles. The maximum atomic E-state index is 11.5. The van der Waals surface area contributed by atoms with Crippen LogP contribution in [0.3, 0.4) is 0 Å². The van der Waals surface area contributed by atoms with Gasteiger partial charge in [-0.1, -0.05) is 22.9 Å². The number of carbonyl (C=O) groups excluding carboxylic acids is 1. The number of aromatic nitrogens is 1. The number of nitrogens with one attached hydrogen (secondary N) is 1. The summed E-state index contributed by atoms with van der Waals surface area (Å²) in [5.74, 6) is -0.0407. The summed E-state index contributed by atoms with van der Waals surface area (Å²) in [7, 11) is 0. The Kier molecular flexibility index (Phi) is 4.73. The van der Waals surface area contributed by atoms with Crippen LogP contribution >= 0.6 is 31.9 Å². The fourth-order valence-corrected chi connectivity index (χ4v) is 1.36. The molecule has 0 aromatic carbocycles. The van der Waals surface area contributed by atoms with E-state index in [0.717, 1.165) is 22.3 Å². The second-order valence-corrected chi connectivity index (χ2v) is 5.05. The molecule has 3 nitrogen and oxygen atoms in total. The van der Waals surface area contributed by atoms with E-state index >= 15 is 0 Å². The van der Waals surface area contributed by atoms with Crippen LogP contribution in [0.1, 0.15) is 18.9 Å². The molecule has 1 atom stereocenters. The fraction of sp³-hybridized carbons (Fsp3) is 0.400. The van der Waals surface area contributed by atoms with Gasteiger partial charge in [0.15, 0.2) is 0 Å². The largest absolute Gasteiger partial charge is 0.324 e. The third kappa shape index (κ3) is 3.57. The van der Waals surface area contributed by atoms with Crippen molar-refractivity contribution in [1.82, 2.24) is 4.98 Å². The van der Waals surface area contributed by atoms with Crippen molar-refractivity contribution < 1.29 is 4.79 Å². The zero-order chi connectivity index (χ0) is 11.4. The summed E-state index contributed by atoms with van der Waals surface area (Å²) in [5, 5.41) is 2.79. The van der Waals surface area contributed by atoms with E-state index in [2.05, 4.69) is 42.2 Å². The predicted octanol–water partition coefficient (Wildman–Crippen LogP) is 3.26. The van der Waals surface area contributed by atoms with E-state index in [9.17, 15) is 4.79 Å². The Morgan fingerprint density at radius 2 is 2.33 bits per heavy atom. The lowest BCUT2D eigenvalue weighted by atomic mass is 10.2. The highest BCUT2D eigenvalue weighted by atomic mass is 79.9. The van der Waals surface area contributed by atoms with Gasteiger partial charge in [-0.25, -0.2) is 4.98 Å². The van der Waals surface area contributed by atoms with Crippen LogP contribution in [-0.2, 0) is 4.79 Å². The van der Waals surface area contributed by atoms with Crippen LogP contribution in [-0.4, -0.2) is 15.7 Å². The van der Waals surface area contributed by atoms with Gasteiger partial charge < -0.3 is 5.32 Å². The number of alkyl halides is 1. The van der Waals surface area contributed by atoms with Crippen LogP contribution in [0.4, 0.5) is 5.69 Å². The maximum Gasteiger partial charge on any atom is 0.238 e. The number of aryl methyl sites for hydroxylation is 1. The molecule has 0 fully saturated rings. The number of hydrogen-bond donors (Lipinski definition) is 1. The summed E-state index contributed by atoms with van der Waals surface area (Å²) in [6.07, 6.45) is 2.39. The molecule has 1 heterocycles. The first-order valence-electron chi connectivity index (χ1n) is 4.61. The molecule has 0 bridgehead atoms. The molecule has 1 aromatic rings. The minimum atomic E-state index is -0.151. The molecule has 0 aliphatic carbocycles. The maximum absolute atomic E-state index is 11.5. The molecule has 1 aromatic heterocycles. The lowest BCUT2D eigenvalue weighted by Crippen LogP contribution is -2.22. The van der Waals surface area contributed by atoms with Crippen LogP contribution in [0.25, 0.3) is 0 Å². The molecule has 0 spiro atoms. The highest BCUT2D eigenvalue weighted by Gasteiger charge is 2.12. The van der Waals surface area contributed by atoms with Gasteiger partial charge in [0.25, 0.3) is 0 Å². The monoisotopic (exact) mass is 334 g/mol. The molecular weight excluding hydrogens is 324 g/mol. The Morgan fingerprint density at radius 1 is 1.67 bits per heavy atom. The zero-order valence-corrected chi connectivity index (χ0v) is 11.7. The van der Waals surface area contributed by atoms with Gasteiger partial charge in [0, 0.05) is 0 Å². The number of pyridine rings is 1. The molecule has 0 aliphatic rings. The molecule has 5 heteroatoms. The van der Waals surface area contributed by atoms with Gasteiger partial charge in [0.05, 0.1) is 16.7 Å². The van der Waals surface area contributed by atoms with Crippen molar-refractivity contribution in [3.8, 4) is 0 Å². The van der Waals surface area contributed by atoms with E-state index in [-0.39, 0.29) is 10.7 Å². The summed E-state index contributed by atoms with van der Waals surface area (Å²) < 4.78 is 0.798. The molecule has 1 unspecified atom stereocenters. The van der Waals surface area contributed by atoms with Gasteiger partial charge >= 0.3 is 0 Å². The van der Waals surface area contributed by atoms with Crippen molar-refractivity contribution in [3.63, 3.8) is 0 Å². The first kappa shape index (κ1) is 12.6. The molecule has 1 rings (SSSR count). The van der Waals surface area contributed by atoms with E-state index in [0.29, 0.717) is 0 Å². The lowest BCUT2D eigenvalue weighted by Gasteiger charge is -2.09. The Bertz CT molecular complexity index is 368. The van der Waals surface area contributed by atoms with E-state index in [1.807, 2.05) is 19.9 Å². The first-order valence-corrected chi connectivity index (χ1v) is 6.32.